The molecule has 0 spiro atoms. The van der Waals surface area contributed by atoms with Gasteiger partial charge in [0.05, 0.1) is 0 Å². The quantitative estimate of drug-likeness (QED) is 0.606. The van der Waals surface area contributed by atoms with Crippen LogP contribution in [0.1, 0.15) is 36.8 Å². The van der Waals surface area contributed by atoms with E-state index >= 15 is 0 Å². The van der Waals surface area contributed by atoms with Gasteiger partial charge in [-0.15, -0.1) is 0 Å². The molecule has 3 nitrogen and oxygen atoms in total. The molecule has 1 rings (SSSR count). The average Bonchev–Trinajstić information content (AvgIpc) is 2.37. The highest BCUT2D eigenvalue weighted by atomic mass is 16.3. The second kappa shape index (κ2) is 7.07. The second-order valence-electron chi connectivity index (χ2n) is 4.77. The number of rotatable bonds is 8. The van der Waals surface area contributed by atoms with Crippen LogP contribution in [-0.4, -0.2) is 24.1 Å². The Balaban J connectivity index is 3.09. The van der Waals surface area contributed by atoms with Crippen molar-refractivity contribution in [3.05, 3.63) is 35.4 Å². The van der Waals surface area contributed by atoms with Crippen molar-refractivity contribution in [3.63, 3.8) is 0 Å². The molecule has 0 heterocycles. The van der Waals surface area contributed by atoms with Gasteiger partial charge in [0.1, 0.15) is 0 Å². The first-order valence-electron chi connectivity index (χ1n) is 6.34. The van der Waals surface area contributed by atoms with E-state index in [2.05, 4.69) is 24.3 Å². The Morgan fingerprint density at radius 2 is 1.78 bits per heavy atom. The summed E-state index contributed by atoms with van der Waals surface area (Å²) in [5.41, 5.74) is 2.16. The van der Waals surface area contributed by atoms with Gasteiger partial charge in [-0.3, -0.25) is 0 Å². The predicted octanol–water partition coefficient (Wildman–Crippen LogP) is 3.08. The molecule has 0 fully saturated rings. The number of hydrogen-bond donors (Lipinski definition) is 3. The lowest BCUT2D eigenvalue weighted by Gasteiger charge is -2.32. The normalized spacial score (nSPS) is 13.9. The Labute approximate surface area is 109 Å². The summed E-state index contributed by atoms with van der Waals surface area (Å²) < 4.78 is 0. The van der Waals surface area contributed by atoms with E-state index in [-0.39, 0.29) is 12.0 Å². The van der Waals surface area contributed by atoms with Crippen LogP contribution in [0.3, 0.4) is 0 Å². The molecule has 0 amide bonds. The predicted molar refractivity (Wildman–Crippen MR) is 76.0 cm³/mol. The van der Waals surface area contributed by atoms with Crippen molar-refractivity contribution in [2.45, 2.75) is 38.0 Å². The topological polar surface area (TPSA) is 67.9 Å². The van der Waals surface area contributed by atoms with Crippen LogP contribution in [0.2, 0.25) is 0 Å². The smallest absolute Gasteiger partial charge is 0.0439 e. The fourth-order valence-corrected chi connectivity index (χ4v) is 2.40. The molecular weight excluding hydrogens is 224 g/mol. The van der Waals surface area contributed by atoms with Gasteiger partial charge in [-0.2, -0.15) is 0 Å². The van der Waals surface area contributed by atoms with Gasteiger partial charge in [-0.05, 0) is 50.6 Å². The van der Waals surface area contributed by atoms with Crippen molar-refractivity contribution in [1.82, 2.24) is 0 Å². The van der Waals surface area contributed by atoms with Crippen LogP contribution in [0.4, 0.5) is 0 Å². The first-order chi connectivity index (χ1) is 8.68. The van der Waals surface area contributed by atoms with Crippen LogP contribution in [0.15, 0.2) is 24.3 Å². The van der Waals surface area contributed by atoms with Crippen molar-refractivity contribution < 1.29 is 5.11 Å². The van der Waals surface area contributed by atoms with Crippen molar-refractivity contribution >= 4 is 12.4 Å². The van der Waals surface area contributed by atoms with E-state index in [0.29, 0.717) is 19.3 Å². The van der Waals surface area contributed by atoms with Crippen LogP contribution >= 0.6 is 0 Å². The summed E-state index contributed by atoms with van der Waals surface area (Å²) in [6.07, 6.45) is 5.56. The fourth-order valence-electron chi connectivity index (χ4n) is 2.40. The highest BCUT2D eigenvalue weighted by molar-refractivity contribution is 5.58. The minimum absolute atomic E-state index is 0.111. The molecule has 0 saturated carbocycles. The molecule has 0 aliphatic heterocycles. The molecule has 0 aromatic heterocycles. The Kier molecular flexibility index (Phi) is 5.72. The van der Waals surface area contributed by atoms with Gasteiger partial charge in [0.25, 0.3) is 0 Å². The zero-order chi connectivity index (χ0) is 13.4. The van der Waals surface area contributed by atoms with E-state index in [9.17, 15) is 5.11 Å². The molecule has 0 aliphatic rings. The number of aryl methyl sites for hydroxylation is 1. The van der Waals surface area contributed by atoms with Crippen molar-refractivity contribution in [3.8, 4) is 0 Å². The maximum Gasteiger partial charge on any atom is 0.0439 e. The molecule has 1 aromatic rings. The second-order valence-corrected chi connectivity index (χ2v) is 4.77. The lowest BCUT2D eigenvalue weighted by molar-refractivity contribution is 0.233. The van der Waals surface area contributed by atoms with Crippen molar-refractivity contribution in [2.24, 2.45) is 0 Å². The Hall–Kier alpha value is -1.48. The molecule has 98 valence electrons. The Morgan fingerprint density at radius 3 is 2.28 bits per heavy atom. The maximum atomic E-state index is 9.31. The van der Waals surface area contributed by atoms with Crippen molar-refractivity contribution in [2.75, 3.05) is 6.61 Å². The number of aliphatic hydroxyl groups excluding tert-OH is 1. The van der Waals surface area contributed by atoms with Gasteiger partial charge >= 0.3 is 0 Å². The Morgan fingerprint density at radius 1 is 1.11 bits per heavy atom. The van der Waals surface area contributed by atoms with E-state index in [1.165, 1.54) is 18.0 Å². The average molecular weight is 246 g/mol. The summed E-state index contributed by atoms with van der Waals surface area (Å²) in [6, 6.07) is 8.29. The van der Waals surface area contributed by atoms with Crippen LogP contribution in [0.5, 0.6) is 0 Å². The fraction of sp³-hybridized carbons (Fsp3) is 0.467. The molecule has 3 N–H and O–H groups in total. The number of aliphatic hydroxyl groups is 1. The third-order valence-electron chi connectivity index (χ3n) is 3.51. The molecule has 0 aliphatic carbocycles. The minimum Gasteiger partial charge on any atom is -0.396 e. The number of benzene rings is 1. The zero-order valence-electron chi connectivity index (χ0n) is 10.9. The summed E-state index contributed by atoms with van der Waals surface area (Å²) in [7, 11) is 0. The molecule has 0 saturated heterocycles. The van der Waals surface area contributed by atoms with Gasteiger partial charge in [0, 0.05) is 12.0 Å². The highest BCUT2D eigenvalue weighted by Gasteiger charge is 2.29. The molecule has 3 heteroatoms. The van der Waals surface area contributed by atoms with E-state index in [0.717, 1.165) is 12.0 Å². The maximum absolute atomic E-state index is 9.31. The summed E-state index contributed by atoms with van der Waals surface area (Å²) >= 11 is 0. The van der Waals surface area contributed by atoms with Gasteiger partial charge in [0.2, 0.25) is 0 Å². The van der Waals surface area contributed by atoms with E-state index in [4.69, 9.17) is 10.8 Å². The van der Waals surface area contributed by atoms with Gasteiger partial charge in [-0.1, -0.05) is 29.8 Å². The summed E-state index contributed by atoms with van der Waals surface area (Å²) in [5, 5.41) is 23.9. The molecule has 1 atom stereocenters. The molecule has 1 unspecified atom stereocenters. The van der Waals surface area contributed by atoms with Gasteiger partial charge in [0.15, 0.2) is 0 Å². The largest absolute Gasteiger partial charge is 0.396 e. The standard InChI is InChI=1S/C15H22N2O/c1-13-3-5-14(6-4-13)15(8-11-17,9-12-18)7-2-10-16/h3-6,10-11,16-18H,2,7-9,12H2,1H3. The molecule has 1 aromatic carbocycles. The summed E-state index contributed by atoms with van der Waals surface area (Å²) in [4.78, 5) is 0. The molecular formula is C15H22N2O. The zero-order valence-corrected chi connectivity index (χ0v) is 10.9. The third kappa shape index (κ3) is 3.50. The van der Waals surface area contributed by atoms with E-state index < -0.39 is 0 Å². The summed E-state index contributed by atoms with van der Waals surface area (Å²) in [6.45, 7) is 2.16. The highest BCUT2D eigenvalue weighted by Crippen LogP contribution is 2.35. The van der Waals surface area contributed by atoms with Crippen LogP contribution in [0, 0.1) is 17.7 Å². The molecule has 18 heavy (non-hydrogen) atoms. The first-order valence-corrected chi connectivity index (χ1v) is 6.34. The number of hydrogen-bond acceptors (Lipinski definition) is 3. The van der Waals surface area contributed by atoms with Crippen molar-refractivity contribution in [1.29, 1.82) is 10.8 Å². The molecule has 0 bridgehead atoms. The van der Waals surface area contributed by atoms with E-state index in [1.807, 2.05) is 6.92 Å². The van der Waals surface area contributed by atoms with Gasteiger partial charge < -0.3 is 15.9 Å². The number of nitrogens with one attached hydrogen (secondary N) is 2. The SMILES string of the molecule is Cc1ccc(C(CC=N)(CCO)CCC=N)cc1. The summed E-state index contributed by atoms with van der Waals surface area (Å²) in [5.74, 6) is 0. The Bertz CT molecular complexity index is 386. The molecule has 0 radical (unpaired) electrons. The lowest BCUT2D eigenvalue weighted by Crippen LogP contribution is -2.28. The van der Waals surface area contributed by atoms with Crippen LogP contribution < -0.4 is 0 Å². The van der Waals surface area contributed by atoms with Gasteiger partial charge in [-0.25, -0.2) is 0 Å². The van der Waals surface area contributed by atoms with Crippen LogP contribution in [-0.2, 0) is 5.41 Å². The first kappa shape index (κ1) is 14.6. The van der Waals surface area contributed by atoms with Crippen LogP contribution in [0.25, 0.3) is 0 Å². The lowest BCUT2D eigenvalue weighted by atomic mass is 9.72. The minimum atomic E-state index is -0.207. The monoisotopic (exact) mass is 246 g/mol. The van der Waals surface area contributed by atoms with E-state index in [1.54, 1.807) is 0 Å². The third-order valence-corrected chi connectivity index (χ3v) is 3.51.